The number of hydrogen-bond acceptors (Lipinski definition) is 4. The lowest BCUT2D eigenvalue weighted by Gasteiger charge is -2.32. The summed E-state index contributed by atoms with van der Waals surface area (Å²) in [7, 11) is 0. The van der Waals surface area contributed by atoms with Gasteiger partial charge in [0.2, 0.25) is 0 Å². The Morgan fingerprint density at radius 2 is 1.90 bits per heavy atom. The van der Waals surface area contributed by atoms with Gasteiger partial charge >= 0.3 is 0 Å². The number of carbonyl (C=O) groups is 1. The maximum absolute atomic E-state index is 13.2. The van der Waals surface area contributed by atoms with Crippen LogP contribution in [0.25, 0.3) is 0 Å². The molecule has 1 saturated heterocycles. The summed E-state index contributed by atoms with van der Waals surface area (Å²) >= 11 is 0. The average Bonchev–Trinajstić information content (AvgIpc) is 2.80. The van der Waals surface area contributed by atoms with E-state index in [4.69, 9.17) is 0 Å². The van der Waals surface area contributed by atoms with Crippen molar-refractivity contribution in [2.45, 2.75) is 38.8 Å². The number of rotatable bonds is 6. The Morgan fingerprint density at radius 3 is 2.65 bits per heavy atom. The molecule has 0 unspecified atom stereocenters. The Hall–Kier alpha value is -3.12. The second-order valence-corrected chi connectivity index (χ2v) is 8.10. The number of halogens is 1. The smallest absolute Gasteiger partial charge is 0.254 e. The number of likely N-dealkylation sites (tertiary alicyclic amines) is 1. The first-order valence-corrected chi connectivity index (χ1v) is 10.7. The highest BCUT2D eigenvalue weighted by Gasteiger charge is 2.24. The van der Waals surface area contributed by atoms with Crippen LogP contribution >= 0.6 is 0 Å². The molecule has 3 aromatic rings. The van der Waals surface area contributed by atoms with Gasteiger partial charge in [-0.15, -0.1) is 0 Å². The lowest BCUT2D eigenvalue weighted by Crippen LogP contribution is -2.34. The fraction of sp³-hybridized carbons (Fsp3) is 0.320. The predicted octanol–water partition coefficient (Wildman–Crippen LogP) is 4.23. The Bertz CT molecular complexity index is 1020. The summed E-state index contributed by atoms with van der Waals surface area (Å²) < 4.78 is 13.2. The summed E-state index contributed by atoms with van der Waals surface area (Å²) in [6.45, 7) is 4.99. The Morgan fingerprint density at radius 1 is 1.13 bits per heavy atom. The van der Waals surface area contributed by atoms with E-state index in [1.165, 1.54) is 12.1 Å². The molecule has 0 saturated carbocycles. The fourth-order valence-corrected chi connectivity index (χ4v) is 4.04. The van der Waals surface area contributed by atoms with Crippen molar-refractivity contribution in [3.05, 3.63) is 94.8 Å². The van der Waals surface area contributed by atoms with Gasteiger partial charge in [-0.2, -0.15) is 0 Å². The lowest BCUT2D eigenvalue weighted by molar-refractivity contribution is 0.0949. The molecule has 2 heterocycles. The van der Waals surface area contributed by atoms with Gasteiger partial charge in [0.15, 0.2) is 0 Å². The Kier molecular flexibility index (Phi) is 6.67. The van der Waals surface area contributed by atoms with Crippen LogP contribution < -0.4 is 5.32 Å². The molecule has 1 aromatic heterocycles. The maximum atomic E-state index is 13.2. The molecule has 1 aliphatic heterocycles. The van der Waals surface area contributed by atoms with Crippen molar-refractivity contribution in [2.24, 2.45) is 0 Å². The highest BCUT2D eigenvalue weighted by atomic mass is 19.1. The molecule has 6 heteroatoms. The molecule has 4 rings (SSSR count). The number of amides is 1. The highest BCUT2D eigenvalue weighted by molar-refractivity contribution is 5.94. The van der Waals surface area contributed by atoms with E-state index in [2.05, 4.69) is 20.2 Å². The van der Waals surface area contributed by atoms with E-state index < -0.39 is 0 Å². The second-order valence-electron chi connectivity index (χ2n) is 8.10. The molecule has 0 aliphatic carbocycles. The summed E-state index contributed by atoms with van der Waals surface area (Å²) in [4.78, 5) is 24.2. The fourth-order valence-electron chi connectivity index (χ4n) is 4.04. The zero-order chi connectivity index (χ0) is 21.6. The summed E-state index contributed by atoms with van der Waals surface area (Å²) in [6.07, 6.45) is 3.74. The van der Waals surface area contributed by atoms with Gasteiger partial charge < -0.3 is 5.32 Å². The molecule has 5 nitrogen and oxygen atoms in total. The van der Waals surface area contributed by atoms with Crippen molar-refractivity contribution in [3.63, 3.8) is 0 Å². The van der Waals surface area contributed by atoms with Crippen LogP contribution in [0.15, 0.2) is 60.8 Å². The van der Waals surface area contributed by atoms with Crippen LogP contribution in [0.2, 0.25) is 0 Å². The van der Waals surface area contributed by atoms with E-state index in [0.717, 1.165) is 49.4 Å². The molecule has 2 aromatic carbocycles. The molecular formula is C25H27FN4O. The number of piperidine rings is 1. The molecule has 0 spiro atoms. The number of aromatic nitrogens is 2. The van der Waals surface area contributed by atoms with E-state index >= 15 is 0 Å². The van der Waals surface area contributed by atoms with E-state index in [-0.39, 0.29) is 17.6 Å². The monoisotopic (exact) mass is 418 g/mol. The van der Waals surface area contributed by atoms with Gasteiger partial charge in [0.1, 0.15) is 11.6 Å². The number of benzene rings is 2. The van der Waals surface area contributed by atoms with Crippen molar-refractivity contribution >= 4 is 5.91 Å². The predicted molar refractivity (Wildman–Crippen MR) is 118 cm³/mol. The molecule has 1 fully saturated rings. The minimum Gasteiger partial charge on any atom is -0.348 e. The van der Waals surface area contributed by atoms with Crippen LogP contribution in [-0.2, 0) is 13.1 Å². The van der Waals surface area contributed by atoms with Crippen LogP contribution in [0.1, 0.15) is 51.8 Å². The first kappa shape index (κ1) is 21.1. The Labute approximate surface area is 182 Å². The molecule has 31 heavy (non-hydrogen) atoms. The minimum absolute atomic E-state index is 0.158. The molecule has 0 bridgehead atoms. The van der Waals surface area contributed by atoms with Gasteiger partial charge in [0.25, 0.3) is 5.91 Å². The highest BCUT2D eigenvalue weighted by Crippen LogP contribution is 2.26. The lowest BCUT2D eigenvalue weighted by atomic mass is 9.96. The minimum atomic E-state index is -0.211. The normalized spacial score (nSPS) is 16.8. The van der Waals surface area contributed by atoms with Gasteiger partial charge in [-0.1, -0.05) is 42.5 Å². The molecule has 1 N–H and O–H groups in total. The second kappa shape index (κ2) is 9.79. The van der Waals surface area contributed by atoms with E-state index in [0.29, 0.717) is 17.8 Å². The SMILES string of the molecule is Cc1nc([C@H]2CCCN(Cc3ccc(F)cc3)C2)ncc1C(=O)NCc1ccccc1. The third-order valence-electron chi connectivity index (χ3n) is 5.73. The van der Waals surface area contributed by atoms with Crippen molar-refractivity contribution in [1.82, 2.24) is 20.2 Å². The first-order valence-electron chi connectivity index (χ1n) is 10.7. The van der Waals surface area contributed by atoms with E-state index in [1.54, 1.807) is 6.20 Å². The van der Waals surface area contributed by atoms with Gasteiger partial charge in [0.05, 0.1) is 11.3 Å². The van der Waals surface area contributed by atoms with Crippen LogP contribution in [0, 0.1) is 12.7 Å². The largest absolute Gasteiger partial charge is 0.348 e. The van der Waals surface area contributed by atoms with Crippen LogP contribution in [0.5, 0.6) is 0 Å². The topological polar surface area (TPSA) is 58.1 Å². The van der Waals surface area contributed by atoms with E-state index in [1.807, 2.05) is 49.4 Å². The third kappa shape index (κ3) is 5.52. The molecule has 0 radical (unpaired) electrons. The third-order valence-corrected chi connectivity index (χ3v) is 5.73. The van der Waals surface area contributed by atoms with Crippen molar-refractivity contribution in [2.75, 3.05) is 13.1 Å². The van der Waals surface area contributed by atoms with Gasteiger partial charge in [0, 0.05) is 31.7 Å². The summed E-state index contributed by atoms with van der Waals surface area (Å²) in [5, 5.41) is 2.94. The number of carbonyl (C=O) groups excluding carboxylic acids is 1. The van der Waals surface area contributed by atoms with Crippen molar-refractivity contribution in [1.29, 1.82) is 0 Å². The van der Waals surface area contributed by atoms with E-state index in [9.17, 15) is 9.18 Å². The summed E-state index contributed by atoms with van der Waals surface area (Å²) in [6, 6.07) is 16.5. The average molecular weight is 419 g/mol. The standard InChI is InChI=1S/C25H27FN4O/c1-18-23(25(31)28-14-19-6-3-2-4-7-19)15-27-24(29-18)21-8-5-13-30(17-21)16-20-9-11-22(26)12-10-20/h2-4,6-7,9-12,15,21H,5,8,13-14,16-17H2,1H3,(H,28,31)/t21-/m0/s1. The zero-order valence-corrected chi connectivity index (χ0v) is 17.7. The van der Waals surface area contributed by atoms with Crippen molar-refractivity contribution in [3.8, 4) is 0 Å². The number of aryl methyl sites for hydroxylation is 1. The Balaban J connectivity index is 1.38. The van der Waals surface area contributed by atoms with Gasteiger partial charge in [-0.25, -0.2) is 14.4 Å². The van der Waals surface area contributed by atoms with Crippen LogP contribution in [-0.4, -0.2) is 33.9 Å². The number of nitrogens with one attached hydrogen (secondary N) is 1. The van der Waals surface area contributed by atoms with Crippen molar-refractivity contribution < 1.29 is 9.18 Å². The molecule has 1 aliphatic rings. The van der Waals surface area contributed by atoms with Crippen LogP contribution in [0.3, 0.4) is 0 Å². The maximum Gasteiger partial charge on any atom is 0.254 e. The molecule has 160 valence electrons. The summed E-state index contributed by atoms with van der Waals surface area (Å²) in [5.41, 5.74) is 3.36. The first-order chi connectivity index (χ1) is 15.1. The van der Waals surface area contributed by atoms with Gasteiger partial charge in [-0.05, 0) is 49.6 Å². The molecule has 1 amide bonds. The zero-order valence-electron chi connectivity index (χ0n) is 17.7. The quantitative estimate of drug-likeness (QED) is 0.651. The molecular weight excluding hydrogens is 391 g/mol. The van der Waals surface area contributed by atoms with Gasteiger partial charge in [-0.3, -0.25) is 9.69 Å². The summed E-state index contributed by atoms with van der Waals surface area (Å²) in [5.74, 6) is 0.654. The molecule has 1 atom stereocenters. The number of hydrogen-bond donors (Lipinski definition) is 1. The van der Waals surface area contributed by atoms with Crippen LogP contribution in [0.4, 0.5) is 4.39 Å². The number of nitrogens with zero attached hydrogens (tertiary/aromatic N) is 3.